The fraction of sp³-hybridized carbons (Fsp3) is 0.200. The van der Waals surface area contributed by atoms with Gasteiger partial charge in [0, 0.05) is 12.1 Å². The van der Waals surface area contributed by atoms with Crippen molar-refractivity contribution in [3.8, 4) is 0 Å². The van der Waals surface area contributed by atoms with Crippen molar-refractivity contribution in [2.24, 2.45) is 0 Å². The molecule has 33 heavy (non-hydrogen) atoms. The van der Waals surface area contributed by atoms with E-state index in [0.29, 0.717) is 32.9 Å². The van der Waals surface area contributed by atoms with Gasteiger partial charge >= 0.3 is 0 Å². The van der Waals surface area contributed by atoms with Crippen LogP contribution < -0.4 is 16.2 Å². The Bertz CT molecular complexity index is 1380. The Kier molecular flexibility index (Phi) is 6.65. The van der Waals surface area contributed by atoms with Crippen molar-refractivity contribution < 1.29 is 9.59 Å². The number of hydrogen-bond acceptors (Lipinski definition) is 5. The number of nitrogens with one attached hydrogen (secondary N) is 3. The van der Waals surface area contributed by atoms with Crippen molar-refractivity contribution in [1.82, 2.24) is 15.3 Å². The predicted octanol–water partition coefficient (Wildman–Crippen LogP) is 3.81. The molecule has 0 aliphatic rings. The second-order valence-corrected chi connectivity index (χ2v) is 8.65. The number of aromatic nitrogens is 2. The molecule has 2 aromatic carbocycles. The lowest BCUT2D eigenvalue weighted by Gasteiger charge is -2.10. The highest BCUT2D eigenvalue weighted by Gasteiger charge is 2.20. The molecule has 3 N–H and O–H groups in total. The average Bonchev–Trinajstić information content (AvgIpc) is 3.15. The van der Waals surface area contributed by atoms with Crippen molar-refractivity contribution in [2.45, 2.75) is 26.7 Å². The summed E-state index contributed by atoms with van der Waals surface area (Å²) in [6.07, 6.45) is 1.28. The summed E-state index contributed by atoms with van der Waals surface area (Å²) in [4.78, 5) is 46.1. The van der Waals surface area contributed by atoms with E-state index in [0.717, 1.165) is 34.6 Å². The molecular formula is C25H24N4O3S. The number of thiophene rings is 1. The normalized spacial score (nSPS) is 10.8. The molecular weight excluding hydrogens is 436 g/mol. The lowest BCUT2D eigenvalue weighted by molar-refractivity contribution is -0.115. The third-order valence-corrected chi connectivity index (χ3v) is 6.54. The maximum Gasteiger partial charge on any atom is 0.262 e. The zero-order valence-corrected chi connectivity index (χ0v) is 19.2. The van der Waals surface area contributed by atoms with Crippen LogP contribution >= 0.6 is 11.3 Å². The Morgan fingerprint density at radius 2 is 1.79 bits per heavy atom. The van der Waals surface area contributed by atoms with Crippen LogP contribution in [0.5, 0.6) is 0 Å². The average molecular weight is 461 g/mol. The van der Waals surface area contributed by atoms with E-state index in [1.165, 1.54) is 0 Å². The third kappa shape index (κ3) is 5.01. The molecule has 2 aromatic heterocycles. The van der Waals surface area contributed by atoms with Crippen LogP contribution in [0.25, 0.3) is 10.2 Å². The Hall–Kier alpha value is -3.78. The summed E-state index contributed by atoms with van der Waals surface area (Å²) in [5, 5.41) is 5.89. The number of hydrogen-bond donors (Lipinski definition) is 3. The number of benzene rings is 2. The first kappa shape index (κ1) is 22.4. The van der Waals surface area contributed by atoms with Gasteiger partial charge in [-0.3, -0.25) is 14.4 Å². The van der Waals surface area contributed by atoms with E-state index >= 15 is 0 Å². The number of fused-ring (bicyclic) bond motifs is 1. The molecule has 7 nitrogen and oxygen atoms in total. The molecule has 2 amide bonds. The minimum atomic E-state index is -0.404. The number of nitrogens with zero attached hydrogens (tertiary/aromatic N) is 1. The fourth-order valence-corrected chi connectivity index (χ4v) is 4.78. The molecule has 0 bridgehead atoms. The zero-order valence-electron chi connectivity index (χ0n) is 18.4. The van der Waals surface area contributed by atoms with Gasteiger partial charge in [0.15, 0.2) is 0 Å². The molecule has 0 saturated carbocycles. The highest BCUT2D eigenvalue weighted by atomic mass is 32.1. The number of carbonyl (C=O) groups excluding carboxylic acids is 2. The van der Waals surface area contributed by atoms with Gasteiger partial charge in [-0.15, -0.1) is 11.3 Å². The Morgan fingerprint density at radius 1 is 1.06 bits per heavy atom. The number of para-hydroxylation sites is 1. The molecule has 0 radical (unpaired) electrons. The van der Waals surface area contributed by atoms with Crippen LogP contribution in [-0.2, 0) is 17.6 Å². The van der Waals surface area contributed by atoms with E-state index in [9.17, 15) is 14.4 Å². The third-order valence-electron chi connectivity index (χ3n) is 5.35. The van der Waals surface area contributed by atoms with E-state index in [-0.39, 0.29) is 18.0 Å². The van der Waals surface area contributed by atoms with Crippen LogP contribution in [0, 0.1) is 6.92 Å². The first-order valence-electron chi connectivity index (χ1n) is 10.7. The quantitative estimate of drug-likeness (QED) is 0.390. The van der Waals surface area contributed by atoms with Crippen LogP contribution in [-0.4, -0.2) is 28.3 Å². The van der Waals surface area contributed by atoms with Gasteiger partial charge in [0.1, 0.15) is 10.7 Å². The van der Waals surface area contributed by atoms with Crippen LogP contribution in [0.2, 0.25) is 0 Å². The smallest absolute Gasteiger partial charge is 0.262 e. The van der Waals surface area contributed by atoms with Gasteiger partial charge in [-0.2, -0.15) is 0 Å². The maximum atomic E-state index is 12.8. The van der Waals surface area contributed by atoms with Gasteiger partial charge < -0.3 is 15.6 Å². The van der Waals surface area contributed by atoms with E-state index in [1.807, 2.05) is 61.5 Å². The lowest BCUT2D eigenvalue weighted by atomic mass is 10.1. The molecule has 0 unspecified atom stereocenters. The van der Waals surface area contributed by atoms with Crippen molar-refractivity contribution >= 4 is 39.1 Å². The number of rotatable bonds is 7. The van der Waals surface area contributed by atoms with E-state index in [1.54, 1.807) is 6.92 Å². The molecule has 0 aliphatic heterocycles. The summed E-state index contributed by atoms with van der Waals surface area (Å²) >= 11 is 1.16. The number of anilines is 1. The molecule has 168 valence electrons. The summed E-state index contributed by atoms with van der Waals surface area (Å²) in [5.41, 5.74) is 3.08. The summed E-state index contributed by atoms with van der Waals surface area (Å²) in [6.45, 7) is 3.56. The van der Waals surface area contributed by atoms with Crippen LogP contribution in [0.3, 0.4) is 0 Å². The SMILES string of the molecule is CCc1ccccc1NC(=O)CNC(=O)c1sc2nc(Cc3ccccc3)[nH]c(=O)c2c1C. The fourth-order valence-electron chi connectivity index (χ4n) is 3.66. The topological polar surface area (TPSA) is 104 Å². The van der Waals surface area contributed by atoms with Crippen molar-refractivity contribution in [2.75, 3.05) is 11.9 Å². The second kappa shape index (κ2) is 9.79. The molecule has 2 heterocycles. The lowest BCUT2D eigenvalue weighted by Crippen LogP contribution is -2.33. The monoisotopic (exact) mass is 460 g/mol. The van der Waals surface area contributed by atoms with E-state index < -0.39 is 5.91 Å². The van der Waals surface area contributed by atoms with Crippen molar-refractivity contribution in [3.05, 3.63) is 92.3 Å². The Balaban J connectivity index is 1.48. The van der Waals surface area contributed by atoms with Gasteiger partial charge in [-0.1, -0.05) is 55.5 Å². The zero-order chi connectivity index (χ0) is 23.4. The van der Waals surface area contributed by atoms with Gasteiger partial charge in [0.2, 0.25) is 5.91 Å². The summed E-state index contributed by atoms with van der Waals surface area (Å²) in [5.74, 6) is -0.177. The van der Waals surface area contributed by atoms with E-state index in [4.69, 9.17) is 0 Å². The first-order chi connectivity index (χ1) is 16.0. The largest absolute Gasteiger partial charge is 0.342 e. The van der Waals surface area contributed by atoms with E-state index in [2.05, 4.69) is 20.6 Å². The van der Waals surface area contributed by atoms with Gasteiger partial charge in [-0.25, -0.2) is 4.98 Å². The molecule has 4 aromatic rings. The number of amides is 2. The Morgan fingerprint density at radius 3 is 2.55 bits per heavy atom. The van der Waals surface area contributed by atoms with Crippen LogP contribution in [0.4, 0.5) is 5.69 Å². The molecule has 8 heteroatoms. The van der Waals surface area contributed by atoms with Gasteiger partial charge in [0.05, 0.1) is 16.8 Å². The van der Waals surface area contributed by atoms with Crippen molar-refractivity contribution in [1.29, 1.82) is 0 Å². The summed E-state index contributed by atoms with van der Waals surface area (Å²) in [7, 11) is 0. The number of aromatic amines is 1. The summed E-state index contributed by atoms with van der Waals surface area (Å²) in [6, 6.07) is 17.3. The number of aryl methyl sites for hydroxylation is 2. The molecule has 4 rings (SSSR count). The predicted molar refractivity (Wildman–Crippen MR) is 131 cm³/mol. The molecule has 0 spiro atoms. The second-order valence-electron chi connectivity index (χ2n) is 7.65. The highest BCUT2D eigenvalue weighted by Crippen LogP contribution is 2.27. The van der Waals surface area contributed by atoms with Gasteiger partial charge in [-0.05, 0) is 36.1 Å². The standard InChI is InChI=1S/C25H24N4O3S/c1-3-17-11-7-8-12-18(17)27-20(30)14-26-24(32)22-15(2)21-23(31)28-19(29-25(21)33-22)13-16-9-5-4-6-10-16/h4-12H,3,13-14H2,1-2H3,(H,26,32)(H,27,30)(H,28,29,31). The minimum absolute atomic E-state index is 0.173. The highest BCUT2D eigenvalue weighted by molar-refractivity contribution is 7.20. The Labute approximate surface area is 194 Å². The van der Waals surface area contributed by atoms with Crippen LogP contribution in [0.1, 0.15) is 39.1 Å². The van der Waals surface area contributed by atoms with Crippen molar-refractivity contribution in [3.63, 3.8) is 0 Å². The number of carbonyl (C=O) groups is 2. The number of H-pyrrole nitrogens is 1. The van der Waals surface area contributed by atoms with Gasteiger partial charge in [0.25, 0.3) is 11.5 Å². The minimum Gasteiger partial charge on any atom is -0.342 e. The summed E-state index contributed by atoms with van der Waals surface area (Å²) < 4.78 is 0. The first-order valence-corrected chi connectivity index (χ1v) is 11.5. The molecule has 0 fully saturated rings. The molecule has 0 atom stereocenters. The molecule has 0 aliphatic carbocycles. The molecule has 0 saturated heterocycles. The maximum absolute atomic E-state index is 12.8. The van der Waals surface area contributed by atoms with Crippen LogP contribution in [0.15, 0.2) is 59.4 Å².